The first-order valence-electron chi connectivity index (χ1n) is 5.64. The molecular weight excluding hydrogens is 202 g/mol. The highest BCUT2D eigenvalue weighted by molar-refractivity contribution is 5.41. The first-order valence-corrected chi connectivity index (χ1v) is 5.64. The molecule has 1 aromatic rings. The summed E-state index contributed by atoms with van der Waals surface area (Å²) in [6, 6.07) is 3.93. The molecule has 1 aromatic carbocycles. The van der Waals surface area contributed by atoms with Gasteiger partial charge in [-0.3, -0.25) is 0 Å². The van der Waals surface area contributed by atoms with Crippen molar-refractivity contribution in [3.63, 3.8) is 0 Å². The van der Waals surface area contributed by atoms with Gasteiger partial charge in [-0.2, -0.15) is 5.48 Å². The maximum atomic E-state index is 9.62. The molecule has 0 heterocycles. The molecule has 90 valence electrons. The number of phenolic OH excluding ortho intramolecular Hbond substituents is 1. The summed E-state index contributed by atoms with van der Waals surface area (Å²) in [6.07, 6.45) is 0. The molecule has 0 aliphatic rings. The first kappa shape index (κ1) is 13.0. The molecule has 0 fully saturated rings. The third-order valence-electron chi connectivity index (χ3n) is 2.35. The van der Waals surface area contributed by atoms with Crippen molar-refractivity contribution in [2.75, 3.05) is 6.61 Å². The molecule has 2 N–H and O–H groups in total. The van der Waals surface area contributed by atoms with E-state index in [2.05, 4.69) is 19.3 Å². The van der Waals surface area contributed by atoms with Gasteiger partial charge in [-0.1, -0.05) is 26.0 Å². The van der Waals surface area contributed by atoms with E-state index in [1.54, 1.807) is 0 Å². The lowest BCUT2D eigenvalue weighted by Gasteiger charge is -2.10. The molecule has 0 atom stereocenters. The van der Waals surface area contributed by atoms with E-state index >= 15 is 0 Å². The highest BCUT2D eigenvalue weighted by Gasteiger charge is 2.03. The molecule has 0 saturated carbocycles. The maximum Gasteiger partial charge on any atom is 0.121 e. The molecule has 0 unspecified atom stereocenters. The summed E-state index contributed by atoms with van der Waals surface area (Å²) in [6.45, 7) is 9.39. The van der Waals surface area contributed by atoms with Crippen molar-refractivity contribution in [2.24, 2.45) is 5.92 Å². The smallest absolute Gasteiger partial charge is 0.121 e. The van der Waals surface area contributed by atoms with Crippen LogP contribution in [0.3, 0.4) is 0 Å². The van der Waals surface area contributed by atoms with E-state index in [4.69, 9.17) is 4.84 Å². The van der Waals surface area contributed by atoms with Gasteiger partial charge in [0.2, 0.25) is 0 Å². The standard InChI is InChI=1S/C13H21NO2/c1-9(2)8-16-14-7-12-5-10(3)13(15)11(4)6-12/h5-6,9,14-15H,7-8H2,1-4H3. The summed E-state index contributed by atoms with van der Waals surface area (Å²) in [4.78, 5) is 5.30. The second-order valence-corrected chi connectivity index (χ2v) is 4.60. The van der Waals surface area contributed by atoms with Crippen molar-refractivity contribution in [1.82, 2.24) is 5.48 Å². The average Bonchev–Trinajstić information content (AvgIpc) is 2.20. The minimum atomic E-state index is 0.381. The molecule has 1 rings (SSSR count). The summed E-state index contributed by atoms with van der Waals surface area (Å²) in [5, 5.41) is 9.62. The summed E-state index contributed by atoms with van der Waals surface area (Å²) >= 11 is 0. The lowest BCUT2D eigenvalue weighted by Crippen LogP contribution is -2.17. The van der Waals surface area contributed by atoms with Crippen molar-refractivity contribution < 1.29 is 9.94 Å². The van der Waals surface area contributed by atoms with Gasteiger partial charge in [-0.25, -0.2) is 0 Å². The second-order valence-electron chi connectivity index (χ2n) is 4.60. The molecule has 0 bridgehead atoms. The topological polar surface area (TPSA) is 41.5 Å². The van der Waals surface area contributed by atoms with E-state index in [1.165, 1.54) is 0 Å². The van der Waals surface area contributed by atoms with Gasteiger partial charge in [0.1, 0.15) is 5.75 Å². The number of aryl methyl sites for hydroxylation is 2. The van der Waals surface area contributed by atoms with Gasteiger partial charge in [0.05, 0.1) is 6.61 Å². The SMILES string of the molecule is Cc1cc(CNOCC(C)C)cc(C)c1O. The number of benzene rings is 1. The number of phenols is 1. The van der Waals surface area contributed by atoms with Gasteiger partial charge in [0.25, 0.3) is 0 Å². The molecule has 16 heavy (non-hydrogen) atoms. The fraction of sp³-hybridized carbons (Fsp3) is 0.538. The molecular formula is C13H21NO2. The Morgan fingerprint density at radius 1 is 1.25 bits per heavy atom. The monoisotopic (exact) mass is 223 g/mol. The molecule has 0 aliphatic heterocycles. The zero-order chi connectivity index (χ0) is 12.1. The Kier molecular flexibility index (Phi) is 4.77. The Hall–Kier alpha value is -1.06. The van der Waals surface area contributed by atoms with Gasteiger partial charge in [-0.15, -0.1) is 0 Å². The highest BCUT2D eigenvalue weighted by Crippen LogP contribution is 2.22. The Balaban J connectivity index is 2.49. The van der Waals surface area contributed by atoms with Crippen molar-refractivity contribution >= 4 is 0 Å². The van der Waals surface area contributed by atoms with Crippen molar-refractivity contribution in [1.29, 1.82) is 0 Å². The predicted molar refractivity (Wildman–Crippen MR) is 65.2 cm³/mol. The van der Waals surface area contributed by atoms with Crippen LogP contribution in [0, 0.1) is 19.8 Å². The van der Waals surface area contributed by atoms with Crippen LogP contribution in [-0.4, -0.2) is 11.7 Å². The number of hydrogen-bond acceptors (Lipinski definition) is 3. The normalized spacial score (nSPS) is 11.1. The summed E-state index contributed by atoms with van der Waals surface area (Å²) in [5.41, 5.74) is 5.85. The van der Waals surface area contributed by atoms with Crippen LogP contribution in [-0.2, 0) is 11.4 Å². The Labute approximate surface area is 97.4 Å². The number of rotatable bonds is 5. The molecule has 0 saturated heterocycles. The molecule has 3 nitrogen and oxygen atoms in total. The van der Waals surface area contributed by atoms with Gasteiger partial charge >= 0.3 is 0 Å². The summed E-state index contributed by atoms with van der Waals surface area (Å²) in [7, 11) is 0. The van der Waals surface area contributed by atoms with E-state index < -0.39 is 0 Å². The van der Waals surface area contributed by atoms with Gasteiger partial charge in [0, 0.05) is 6.54 Å². The minimum Gasteiger partial charge on any atom is -0.507 e. The third kappa shape index (κ3) is 3.83. The molecule has 0 aliphatic carbocycles. The molecule has 0 radical (unpaired) electrons. The number of aromatic hydroxyl groups is 1. The largest absolute Gasteiger partial charge is 0.507 e. The van der Waals surface area contributed by atoms with Crippen LogP contribution >= 0.6 is 0 Å². The Morgan fingerprint density at radius 2 is 1.81 bits per heavy atom. The van der Waals surface area contributed by atoms with Crippen LogP contribution in [0.5, 0.6) is 5.75 Å². The van der Waals surface area contributed by atoms with Crippen molar-refractivity contribution in [3.8, 4) is 5.75 Å². The van der Waals surface area contributed by atoms with E-state index in [0.29, 0.717) is 24.8 Å². The highest BCUT2D eigenvalue weighted by atomic mass is 16.6. The average molecular weight is 223 g/mol. The van der Waals surface area contributed by atoms with Crippen LogP contribution in [0.25, 0.3) is 0 Å². The quantitative estimate of drug-likeness (QED) is 0.595. The van der Waals surface area contributed by atoms with Gasteiger partial charge in [-0.05, 0) is 36.5 Å². The third-order valence-corrected chi connectivity index (χ3v) is 2.35. The zero-order valence-electron chi connectivity index (χ0n) is 10.5. The maximum absolute atomic E-state index is 9.62. The van der Waals surface area contributed by atoms with E-state index in [9.17, 15) is 5.11 Å². The predicted octanol–water partition coefficient (Wildman–Crippen LogP) is 2.69. The van der Waals surface area contributed by atoms with E-state index in [1.807, 2.05) is 26.0 Å². The Bertz CT molecular complexity index is 325. The van der Waals surface area contributed by atoms with Crippen LogP contribution in [0.15, 0.2) is 12.1 Å². The molecule has 3 heteroatoms. The summed E-state index contributed by atoms with van der Waals surface area (Å²) < 4.78 is 0. The lowest BCUT2D eigenvalue weighted by atomic mass is 10.1. The van der Waals surface area contributed by atoms with Crippen LogP contribution in [0.1, 0.15) is 30.5 Å². The van der Waals surface area contributed by atoms with E-state index in [0.717, 1.165) is 16.7 Å². The zero-order valence-corrected chi connectivity index (χ0v) is 10.5. The number of nitrogens with one attached hydrogen (secondary N) is 1. The number of hydroxylamine groups is 1. The molecule has 0 amide bonds. The minimum absolute atomic E-state index is 0.381. The second kappa shape index (κ2) is 5.87. The number of hydrogen-bond donors (Lipinski definition) is 2. The van der Waals surface area contributed by atoms with E-state index in [-0.39, 0.29) is 0 Å². The first-order chi connectivity index (χ1) is 7.50. The fourth-order valence-corrected chi connectivity index (χ4v) is 1.51. The van der Waals surface area contributed by atoms with Gasteiger partial charge in [0.15, 0.2) is 0 Å². The molecule has 0 spiro atoms. The van der Waals surface area contributed by atoms with Gasteiger partial charge < -0.3 is 9.94 Å². The molecule has 0 aromatic heterocycles. The lowest BCUT2D eigenvalue weighted by molar-refractivity contribution is 0.0196. The Morgan fingerprint density at radius 3 is 2.31 bits per heavy atom. The van der Waals surface area contributed by atoms with Crippen LogP contribution < -0.4 is 5.48 Å². The van der Waals surface area contributed by atoms with Crippen LogP contribution in [0.4, 0.5) is 0 Å². The van der Waals surface area contributed by atoms with Crippen molar-refractivity contribution in [2.45, 2.75) is 34.2 Å². The van der Waals surface area contributed by atoms with Crippen LogP contribution in [0.2, 0.25) is 0 Å². The van der Waals surface area contributed by atoms with Crippen molar-refractivity contribution in [3.05, 3.63) is 28.8 Å². The fourth-order valence-electron chi connectivity index (χ4n) is 1.51. The summed E-state index contributed by atoms with van der Waals surface area (Å²) in [5.74, 6) is 0.905.